The Morgan fingerprint density at radius 2 is 2.00 bits per heavy atom. The second-order valence-electron chi connectivity index (χ2n) is 6.09. The quantitative estimate of drug-likeness (QED) is 0.915. The second-order valence-corrected chi connectivity index (χ2v) is 6.09. The Hall–Kier alpha value is -1.82. The Bertz CT molecular complexity index is 529. The van der Waals surface area contributed by atoms with Gasteiger partial charge in [0.2, 0.25) is 0 Å². The summed E-state index contributed by atoms with van der Waals surface area (Å²) in [5.41, 5.74) is 1.23. The van der Waals surface area contributed by atoms with Crippen molar-refractivity contribution in [2.24, 2.45) is 17.8 Å². The van der Waals surface area contributed by atoms with Gasteiger partial charge in [0.1, 0.15) is 0 Å². The van der Waals surface area contributed by atoms with Crippen LogP contribution in [0.2, 0.25) is 0 Å². The summed E-state index contributed by atoms with van der Waals surface area (Å²) >= 11 is 0. The maximum Gasteiger partial charge on any atom is 0.251 e. The topological polar surface area (TPSA) is 52.9 Å². The molecule has 1 amide bonds. The van der Waals surface area contributed by atoms with Gasteiger partial charge in [0.25, 0.3) is 5.91 Å². The van der Waals surface area contributed by atoms with Crippen LogP contribution in [0.15, 0.2) is 24.3 Å². The Morgan fingerprint density at radius 1 is 1.20 bits per heavy atom. The summed E-state index contributed by atoms with van der Waals surface area (Å²) in [7, 11) is 0. The summed E-state index contributed by atoms with van der Waals surface area (Å²) in [5.74, 6) is 2.42. The van der Waals surface area contributed by atoms with Gasteiger partial charge in [-0.05, 0) is 61.3 Å². The van der Waals surface area contributed by atoms with Crippen molar-refractivity contribution in [3.8, 4) is 6.07 Å². The van der Waals surface area contributed by atoms with Crippen LogP contribution in [0, 0.1) is 29.1 Å². The number of rotatable bonds is 3. The van der Waals surface area contributed by atoms with Crippen molar-refractivity contribution >= 4 is 5.91 Å². The van der Waals surface area contributed by atoms with E-state index in [1.807, 2.05) is 0 Å². The molecule has 3 rings (SSSR count). The van der Waals surface area contributed by atoms with E-state index < -0.39 is 0 Å². The predicted molar refractivity (Wildman–Crippen MR) is 77.0 cm³/mol. The molecule has 2 fully saturated rings. The van der Waals surface area contributed by atoms with Gasteiger partial charge in [0, 0.05) is 12.1 Å². The zero-order chi connectivity index (χ0) is 13.9. The molecule has 0 saturated heterocycles. The second kappa shape index (κ2) is 5.66. The monoisotopic (exact) mass is 268 g/mol. The summed E-state index contributed by atoms with van der Waals surface area (Å²) < 4.78 is 0. The van der Waals surface area contributed by atoms with Crippen LogP contribution in [-0.2, 0) is 0 Å². The number of benzene rings is 1. The Labute approximate surface area is 120 Å². The lowest BCUT2D eigenvalue weighted by Gasteiger charge is -2.18. The van der Waals surface area contributed by atoms with Crippen molar-refractivity contribution in [2.45, 2.75) is 32.1 Å². The van der Waals surface area contributed by atoms with Crippen molar-refractivity contribution in [2.75, 3.05) is 6.54 Å². The number of nitrogens with one attached hydrogen (secondary N) is 1. The predicted octanol–water partition coefficient (Wildman–Crippen LogP) is 3.11. The molecule has 0 radical (unpaired) electrons. The van der Waals surface area contributed by atoms with E-state index in [0.717, 1.165) is 18.4 Å². The molecule has 3 atom stereocenters. The molecule has 1 aromatic rings. The van der Waals surface area contributed by atoms with Gasteiger partial charge in [-0.2, -0.15) is 5.26 Å². The minimum Gasteiger partial charge on any atom is -0.352 e. The maximum atomic E-state index is 12.1. The van der Waals surface area contributed by atoms with Crippen LogP contribution in [0.3, 0.4) is 0 Å². The van der Waals surface area contributed by atoms with E-state index in [4.69, 9.17) is 5.26 Å². The highest BCUT2D eigenvalue weighted by Gasteiger charge is 2.38. The van der Waals surface area contributed by atoms with E-state index >= 15 is 0 Å². The highest BCUT2D eigenvalue weighted by Crippen LogP contribution is 2.47. The molecule has 1 N–H and O–H groups in total. The normalized spacial score (nSPS) is 27.9. The molecule has 0 heterocycles. The lowest BCUT2D eigenvalue weighted by atomic mass is 9.92. The molecule has 3 nitrogen and oxygen atoms in total. The highest BCUT2D eigenvalue weighted by molar-refractivity contribution is 5.94. The van der Waals surface area contributed by atoms with Crippen LogP contribution in [0.1, 0.15) is 48.0 Å². The van der Waals surface area contributed by atoms with Gasteiger partial charge in [-0.25, -0.2) is 0 Å². The molecule has 2 aliphatic carbocycles. The Morgan fingerprint density at radius 3 is 2.75 bits per heavy atom. The van der Waals surface area contributed by atoms with E-state index in [-0.39, 0.29) is 5.91 Å². The average Bonchev–Trinajstić information content (AvgIpc) is 3.08. The van der Waals surface area contributed by atoms with Crippen molar-refractivity contribution in [3.05, 3.63) is 35.4 Å². The summed E-state index contributed by atoms with van der Waals surface area (Å²) in [5, 5.41) is 11.8. The summed E-state index contributed by atoms with van der Waals surface area (Å²) in [6.07, 6.45) is 6.73. The molecule has 0 aliphatic heterocycles. The number of hydrogen-bond donors (Lipinski definition) is 1. The molecule has 2 aliphatic rings. The number of fused-ring (bicyclic) bond motifs is 1. The number of hydrogen-bond acceptors (Lipinski definition) is 2. The van der Waals surface area contributed by atoms with Crippen LogP contribution in [0.25, 0.3) is 0 Å². The minimum atomic E-state index is -0.0177. The number of carbonyl (C=O) groups is 1. The van der Waals surface area contributed by atoms with Crippen molar-refractivity contribution in [3.63, 3.8) is 0 Å². The molecule has 3 heteroatoms. The van der Waals surface area contributed by atoms with Gasteiger partial charge in [0.15, 0.2) is 0 Å². The van der Waals surface area contributed by atoms with Crippen molar-refractivity contribution in [1.29, 1.82) is 5.26 Å². The third kappa shape index (κ3) is 2.56. The van der Waals surface area contributed by atoms with Crippen LogP contribution in [0.5, 0.6) is 0 Å². The van der Waals surface area contributed by atoms with Gasteiger partial charge in [-0.3, -0.25) is 4.79 Å². The van der Waals surface area contributed by atoms with Gasteiger partial charge >= 0.3 is 0 Å². The molecule has 2 saturated carbocycles. The number of nitrogens with zero attached hydrogens (tertiary/aromatic N) is 1. The van der Waals surface area contributed by atoms with Gasteiger partial charge in [0.05, 0.1) is 11.6 Å². The number of nitriles is 1. The first-order valence-electron chi connectivity index (χ1n) is 7.56. The number of carbonyl (C=O) groups excluding carboxylic acids is 1. The van der Waals surface area contributed by atoms with Crippen LogP contribution >= 0.6 is 0 Å². The van der Waals surface area contributed by atoms with Crippen LogP contribution in [-0.4, -0.2) is 12.5 Å². The summed E-state index contributed by atoms with van der Waals surface area (Å²) in [6, 6.07) is 8.89. The van der Waals surface area contributed by atoms with E-state index in [1.54, 1.807) is 24.3 Å². The lowest BCUT2D eigenvalue weighted by molar-refractivity contribution is 0.0943. The first-order valence-corrected chi connectivity index (χ1v) is 7.56. The minimum absolute atomic E-state index is 0.0177. The molecule has 20 heavy (non-hydrogen) atoms. The Kier molecular flexibility index (Phi) is 3.73. The molecule has 0 bridgehead atoms. The SMILES string of the molecule is N#Cc1ccc(C(=O)NC[C@H]2CC[C@@H]3CCC[C@@H]32)cc1. The fraction of sp³-hybridized carbons (Fsp3) is 0.529. The number of amides is 1. The first-order chi connectivity index (χ1) is 9.78. The van der Waals surface area contributed by atoms with E-state index in [2.05, 4.69) is 11.4 Å². The van der Waals surface area contributed by atoms with Crippen molar-refractivity contribution in [1.82, 2.24) is 5.32 Å². The molecule has 0 aromatic heterocycles. The third-order valence-corrected chi connectivity index (χ3v) is 5.03. The molecule has 1 aromatic carbocycles. The smallest absolute Gasteiger partial charge is 0.251 e. The molecule has 104 valence electrons. The summed E-state index contributed by atoms with van der Waals surface area (Å²) in [4.78, 5) is 12.1. The maximum absolute atomic E-state index is 12.1. The molecule has 0 unspecified atom stereocenters. The van der Waals surface area contributed by atoms with E-state index in [9.17, 15) is 4.79 Å². The fourth-order valence-electron chi connectivity index (χ4n) is 3.96. The van der Waals surface area contributed by atoms with Gasteiger partial charge in [-0.1, -0.05) is 12.8 Å². The van der Waals surface area contributed by atoms with Gasteiger partial charge in [-0.15, -0.1) is 0 Å². The van der Waals surface area contributed by atoms with Crippen LogP contribution < -0.4 is 5.32 Å². The molecular weight excluding hydrogens is 248 g/mol. The standard InChI is InChI=1S/C17H20N2O/c18-10-12-4-6-14(7-5-12)17(20)19-11-15-9-8-13-2-1-3-16(13)15/h4-7,13,15-16H,1-3,8-9,11H2,(H,19,20)/t13-,15+,16-/m0/s1. The van der Waals surface area contributed by atoms with Gasteiger partial charge < -0.3 is 5.32 Å². The average molecular weight is 268 g/mol. The fourth-order valence-corrected chi connectivity index (χ4v) is 3.96. The third-order valence-electron chi connectivity index (χ3n) is 5.03. The molecular formula is C17H20N2O. The zero-order valence-corrected chi connectivity index (χ0v) is 11.6. The first kappa shape index (κ1) is 13.2. The lowest BCUT2D eigenvalue weighted by Crippen LogP contribution is -2.31. The zero-order valence-electron chi connectivity index (χ0n) is 11.6. The molecule has 0 spiro atoms. The largest absolute Gasteiger partial charge is 0.352 e. The highest BCUT2D eigenvalue weighted by atomic mass is 16.1. The summed E-state index contributed by atoms with van der Waals surface area (Å²) in [6.45, 7) is 0.806. The van der Waals surface area contributed by atoms with Crippen LogP contribution in [0.4, 0.5) is 0 Å². The van der Waals surface area contributed by atoms with Crippen molar-refractivity contribution < 1.29 is 4.79 Å². The van der Waals surface area contributed by atoms with E-state index in [1.165, 1.54) is 32.1 Å². The van der Waals surface area contributed by atoms with E-state index in [0.29, 0.717) is 17.0 Å². The Balaban J connectivity index is 1.55.